The largest absolute Gasteiger partial charge is 0.460 e. The number of hydrogen-bond acceptors (Lipinski definition) is 0. The first-order valence-electron chi connectivity index (χ1n) is 5.21. The van der Waals surface area contributed by atoms with Crippen molar-refractivity contribution in [3.63, 3.8) is 0 Å². The number of halogens is 8. The van der Waals surface area contributed by atoms with Crippen molar-refractivity contribution in [3.8, 4) is 0 Å². The van der Waals surface area contributed by atoms with Crippen molar-refractivity contribution in [2.24, 2.45) is 0 Å². The zero-order valence-electron chi connectivity index (χ0n) is 9.69. The van der Waals surface area contributed by atoms with Crippen molar-refractivity contribution in [2.75, 3.05) is 0 Å². The molecule has 0 bridgehead atoms. The fourth-order valence-corrected chi connectivity index (χ4v) is 2.15. The zero-order valence-corrected chi connectivity index (χ0v) is 11.9. The smallest absolute Gasteiger partial charge is 0.195 e. The summed E-state index contributed by atoms with van der Waals surface area (Å²) in [6.07, 6.45) is -6.80. The molecular formula is C12H8F7I. The Labute approximate surface area is 123 Å². The lowest BCUT2D eigenvalue weighted by molar-refractivity contribution is -0.341. The number of benzene rings is 1. The minimum atomic E-state index is -6.31. The van der Waals surface area contributed by atoms with E-state index in [0.717, 1.165) is 0 Å². The molecular weight excluding hydrogens is 404 g/mol. The molecule has 0 spiro atoms. The van der Waals surface area contributed by atoms with E-state index in [4.69, 9.17) is 0 Å². The molecule has 0 amide bonds. The molecule has 0 saturated heterocycles. The van der Waals surface area contributed by atoms with E-state index in [2.05, 4.69) is 0 Å². The highest BCUT2D eigenvalue weighted by atomic mass is 127. The minimum Gasteiger partial charge on any atom is -0.195 e. The van der Waals surface area contributed by atoms with Crippen LogP contribution >= 0.6 is 22.6 Å². The van der Waals surface area contributed by atoms with E-state index in [0.29, 0.717) is 5.56 Å². The van der Waals surface area contributed by atoms with Gasteiger partial charge >= 0.3 is 18.0 Å². The highest BCUT2D eigenvalue weighted by Gasteiger charge is 2.72. The summed E-state index contributed by atoms with van der Waals surface area (Å²) >= 11 is 1.32. The molecule has 0 unspecified atom stereocenters. The minimum absolute atomic E-state index is 0.148. The first-order valence-corrected chi connectivity index (χ1v) is 6.29. The Morgan fingerprint density at radius 1 is 0.950 bits per heavy atom. The molecule has 0 fully saturated rings. The van der Waals surface area contributed by atoms with Gasteiger partial charge in [0.15, 0.2) is 0 Å². The number of allylic oxidation sites excluding steroid dienone is 2. The first kappa shape index (κ1) is 17.3. The van der Waals surface area contributed by atoms with Gasteiger partial charge in [-0.15, -0.1) is 0 Å². The molecule has 0 aliphatic carbocycles. The lowest BCUT2D eigenvalue weighted by atomic mass is 10.1. The maximum atomic E-state index is 13.1. The Bertz CT molecular complexity index is 476. The van der Waals surface area contributed by atoms with Gasteiger partial charge in [-0.3, -0.25) is 0 Å². The second kappa shape index (κ2) is 5.90. The van der Waals surface area contributed by atoms with Crippen LogP contribution in [0, 0.1) is 0 Å². The molecule has 0 nitrogen and oxygen atoms in total. The van der Waals surface area contributed by atoms with Crippen LogP contribution in [0.2, 0.25) is 0 Å². The van der Waals surface area contributed by atoms with Crippen molar-refractivity contribution in [3.05, 3.63) is 45.6 Å². The summed E-state index contributed by atoms with van der Waals surface area (Å²) in [4.78, 5) is 0. The summed E-state index contributed by atoms with van der Waals surface area (Å²) in [6, 6.07) is 7.95. The molecule has 0 aromatic heterocycles. The standard InChI is InChI=1S/C12H8F7I/c13-10(14,11(15,16)12(17,18)19)7-9(20)6-8-4-2-1-3-5-8/h1-5,7H,6H2. The monoisotopic (exact) mass is 412 g/mol. The Kier molecular flexibility index (Phi) is 5.09. The highest BCUT2D eigenvalue weighted by molar-refractivity contribution is 14.1. The number of alkyl halides is 7. The van der Waals surface area contributed by atoms with Gasteiger partial charge in [0, 0.05) is 12.5 Å². The SMILES string of the molecule is FC(F)(F)C(F)(F)C(F)(F)C=C(I)Cc1ccccc1. The topological polar surface area (TPSA) is 0 Å². The molecule has 0 aliphatic heterocycles. The fourth-order valence-electron chi connectivity index (χ4n) is 1.32. The van der Waals surface area contributed by atoms with Crippen LogP contribution in [0.5, 0.6) is 0 Å². The molecule has 0 radical (unpaired) electrons. The van der Waals surface area contributed by atoms with Gasteiger partial charge in [-0.05, 0) is 31.7 Å². The predicted octanol–water partition coefficient (Wildman–Crippen LogP) is 5.38. The van der Waals surface area contributed by atoms with Crippen LogP contribution in [0.3, 0.4) is 0 Å². The maximum Gasteiger partial charge on any atom is 0.460 e. The Balaban J connectivity index is 2.96. The van der Waals surface area contributed by atoms with Crippen LogP contribution in [0.15, 0.2) is 40.0 Å². The van der Waals surface area contributed by atoms with Gasteiger partial charge < -0.3 is 0 Å². The van der Waals surface area contributed by atoms with Crippen LogP contribution in [-0.4, -0.2) is 18.0 Å². The van der Waals surface area contributed by atoms with Crippen molar-refractivity contribution < 1.29 is 30.7 Å². The fraction of sp³-hybridized carbons (Fsp3) is 0.333. The van der Waals surface area contributed by atoms with Crippen LogP contribution in [0.25, 0.3) is 0 Å². The molecule has 0 N–H and O–H groups in total. The normalized spacial score (nSPS) is 14.5. The average Bonchev–Trinajstić information content (AvgIpc) is 2.27. The van der Waals surface area contributed by atoms with Gasteiger partial charge in [0.2, 0.25) is 0 Å². The maximum absolute atomic E-state index is 13.1. The second-order valence-corrected chi connectivity index (χ2v) is 5.33. The van der Waals surface area contributed by atoms with Crippen molar-refractivity contribution in [1.29, 1.82) is 0 Å². The summed E-state index contributed by atoms with van der Waals surface area (Å²) < 4.78 is 87.1. The molecule has 0 heterocycles. The van der Waals surface area contributed by atoms with E-state index >= 15 is 0 Å². The van der Waals surface area contributed by atoms with Crippen LogP contribution in [0.4, 0.5) is 30.7 Å². The van der Waals surface area contributed by atoms with Crippen LogP contribution < -0.4 is 0 Å². The van der Waals surface area contributed by atoms with Gasteiger partial charge in [0.1, 0.15) is 0 Å². The molecule has 1 aromatic rings. The Morgan fingerprint density at radius 3 is 1.90 bits per heavy atom. The van der Waals surface area contributed by atoms with Gasteiger partial charge in [-0.1, -0.05) is 30.3 Å². The predicted molar refractivity (Wildman–Crippen MR) is 68.2 cm³/mol. The van der Waals surface area contributed by atoms with E-state index in [1.165, 1.54) is 22.6 Å². The van der Waals surface area contributed by atoms with E-state index < -0.39 is 18.0 Å². The summed E-state index contributed by atoms with van der Waals surface area (Å²) in [5, 5.41) is 0. The summed E-state index contributed by atoms with van der Waals surface area (Å²) in [5.74, 6) is -11.4. The van der Waals surface area contributed by atoms with E-state index in [1.54, 1.807) is 30.3 Å². The van der Waals surface area contributed by atoms with Gasteiger partial charge in [0.25, 0.3) is 0 Å². The lowest BCUT2D eigenvalue weighted by Gasteiger charge is -2.26. The van der Waals surface area contributed by atoms with E-state index in [-0.39, 0.29) is 16.1 Å². The van der Waals surface area contributed by atoms with E-state index in [9.17, 15) is 30.7 Å². The summed E-state index contributed by atoms with van der Waals surface area (Å²) in [6.45, 7) is 0. The highest BCUT2D eigenvalue weighted by Crippen LogP contribution is 2.47. The molecule has 1 rings (SSSR count). The number of rotatable bonds is 4. The third kappa shape index (κ3) is 3.86. The molecule has 112 valence electrons. The Morgan fingerprint density at radius 2 is 1.45 bits per heavy atom. The summed E-state index contributed by atoms with van der Waals surface area (Å²) in [5.41, 5.74) is 0.527. The van der Waals surface area contributed by atoms with Crippen LogP contribution in [-0.2, 0) is 6.42 Å². The molecule has 1 aromatic carbocycles. The molecule has 8 heteroatoms. The third-order valence-electron chi connectivity index (χ3n) is 2.33. The Hall–Kier alpha value is -0.800. The van der Waals surface area contributed by atoms with Gasteiger partial charge in [0.05, 0.1) is 0 Å². The van der Waals surface area contributed by atoms with Crippen molar-refractivity contribution >= 4 is 22.6 Å². The molecule has 0 atom stereocenters. The first-order chi connectivity index (χ1) is 8.97. The van der Waals surface area contributed by atoms with Crippen LogP contribution in [0.1, 0.15) is 5.56 Å². The van der Waals surface area contributed by atoms with Crippen molar-refractivity contribution in [2.45, 2.75) is 24.4 Å². The molecule has 20 heavy (non-hydrogen) atoms. The van der Waals surface area contributed by atoms with E-state index in [1.807, 2.05) is 0 Å². The second-order valence-electron chi connectivity index (χ2n) is 3.95. The van der Waals surface area contributed by atoms with Gasteiger partial charge in [-0.2, -0.15) is 30.7 Å². The summed E-state index contributed by atoms with van der Waals surface area (Å²) in [7, 11) is 0. The number of hydrogen-bond donors (Lipinski definition) is 0. The molecule has 0 saturated carbocycles. The lowest BCUT2D eigenvalue weighted by Crippen LogP contribution is -2.50. The average molecular weight is 412 g/mol. The molecule has 0 aliphatic rings. The third-order valence-corrected chi connectivity index (χ3v) is 3.02. The quantitative estimate of drug-likeness (QED) is 0.460. The van der Waals surface area contributed by atoms with Gasteiger partial charge in [-0.25, -0.2) is 0 Å². The zero-order chi connectivity index (χ0) is 15.6. The van der Waals surface area contributed by atoms with Crippen molar-refractivity contribution in [1.82, 2.24) is 0 Å².